The Morgan fingerprint density at radius 1 is 1.21 bits per heavy atom. The molecule has 8 heteroatoms. The molecule has 0 radical (unpaired) electrons. The number of unbranched alkanes of at least 4 members (excludes halogenated alkanes) is 1. The molecule has 7 nitrogen and oxygen atoms in total. The summed E-state index contributed by atoms with van der Waals surface area (Å²) >= 11 is 0. The Balaban J connectivity index is 2.13. The van der Waals surface area contributed by atoms with Crippen molar-refractivity contribution in [1.82, 2.24) is 4.31 Å². The van der Waals surface area contributed by atoms with Crippen LogP contribution in [0.5, 0.6) is 0 Å². The van der Waals surface area contributed by atoms with Crippen molar-refractivity contribution in [3.8, 4) is 0 Å². The molecule has 0 saturated carbocycles. The highest BCUT2D eigenvalue weighted by Crippen LogP contribution is 2.31. The summed E-state index contributed by atoms with van der Waals surface area (Å²) in [4.78, 5) is 24.6. The van der Waals surface area contributed by atoms with Gasteiger partial charge in [-0.2, -0.15) is 0 Å². The van der Waals surface area contributed by atoms with Gasteiger partial charge in [0.25, 0.3) is 0 Å². The van der Waals surface area contributed by atoms with E-state index in [9.17, 15) is 18.0 Å². The SMILES string of the molecule is CN(C)S(=O)(=O)c1ccc2c(c1)N(C(=O)CCCCC(=O)O)CC2. The van der Waals surface area contributed by atoms with Gasteiger partial charge in [0, 0.05) is 39.2 Å². The molecule has 1 aromatic carbocycles. The van der Waals surface area contributed by atoms with Gasteiger partial charge in [-0.25, -0.2) is 12.7 Å². The van der Waals surface area contributed by atoms with Crippen molar-refractivity contribution >= 4 is 27.6 Å². The Bertz CT molecular complexity index is 743. The van der Waals surface area contributed by atoms with Crippen LogP contribution in [-0.4, -0.2) is 50.3 Å². The van der Waals surface area contributed by atoms with Crippen LogP contribution in [-0.2, 0) is 26.0 Å². The predicted octanol–water partition coefficient (Wildman–Crippen LogP) is 1.47. The topological polar surface area (TPSA) is 95.0 Å². The fourth-order valence-electron chi connectivity index (χ4n) is 2.68. The summed E-state index contributed by atoms with van der Waals surface area (Å²) in [7, 11) is -0.616. The lowest BCUT2D eigenvalue weighted by Gasteiger charge is -2.19. The number of carboxylic acids is 1. The van der Waals surface area contributed by atoms with Gasteiger partial charge < -0.3 is 10.0 Å². The van der Waals surface area contributed by atoms with Crippen molar-refractivity contribution in [2.24, 2.45) is 0 Å². The lowest BCUT2D eigenvalue weighted by molar-refractivity contribution is -0.137. The molecular formula is C16H22N2O5S. The van der Waals surface area contributed by atoms with Gasteiger partial charge in [0.15, 0.2) is 0 Å². The van der Waals surface area contributed by atoms with Crippen molar-refractivity contribution in [2.75, 3.05) is 25.5 Å². The van der Waals surface area contributed by atoms with Gasteiger partial charge in [0.1, 0.15) is 0 Å². The average Bonchev–Trinajstić information content (AvgIpc) is 2.94. The summed E-state index contributed by atoms with van der Waals surface area (Å²) in [5.41, 5.74) is 1.59. The normalized spacial score (nSPS) is 14.0. The number of carbonyl (C=O) groups excluding carboxylic acids is 1. The number of sulfonamides is 1. The molecular weight excluding hydrogens is 332 g/mol. The number of nitrogens with zero attached hydrogens (tertiary/aromatic N) is 2. The monoisotopic (exact) mass is 354 g/mol. The van der Waals surface area contributed by atoms with Crippen LogP contribution in [0.15, 0.2) is 23.1 Å². The molecule has 0 bridgehead atoms. The minimum Gasteiger partial charge on any atom is -0.481 e. The molecule has 1 aliphatic rings. The average molecular weight is 354 g/mol. The standard InChI is InChI=1S/C16H22N2O5S/c1-17(2)24(22,23)13-8-7-12-9-10-18(14(12)11-13)15(19)5-3-4-6-16(20)21/h7-8,11H,3-6,9-10H2,1-2H3,(H,20,21). The van der Waals surface area contributed by atoms with E-state index in [0.717, 1.165) is 9.87 Å². The Morgan fingerprint density at radius 2 is 1.88 bits per heavy atom. The van der Waals surface area contributed by atoms with E-state index < -0.39 is 16.0 Å². The van der Waals surface area contributed by atoms with Gasteiger partial charge >= 0.3 is 5.97 Å². The number of hydrogen-bond acceptors (Lipinski definition) is 4. The highest BCUT2D eigenvalue weighted by Gasteiger charge is 2.27. The van der Waals surface area contributed by atoms with Gasteiger partial charge in [-0.1, -0.05) is 6.07 Å². The number of hydrogen-bond donors (Lipinski definition) is 1. The Morgan fingerprint density at radius 3 is 2.50 bits per heavy atom. The summed E-state index contributed by atoms with van der Waals surface area (Å²) in [6.07, 6.45) is 1.97. The molecule has 1 N–H and O–H groups in total. The third-order valence-electron chi connectivity index (χ3n) is 4.06. The summed E-state index contributed by atoms with van der Waals surface area (Å²) in [5.74, 6) is -0.967. The van der Waals surface area contributed by atoms with Crippen LogP contribution in [0.25, 0.3) is 0 Å². The molecule has 24 heavy (non-hydrogen) atoms. The van der Waals surface area contributed by atoms with E-state index in [4.69, 9.17) is 5.11 Å². The number of aliphatic carboxylic acids is 1. The van der Waals surface area contributed by atoms with E-state index >= 15 is 0 Å². The van der Waals surface area contributed by atoms with Crippen molar-refractivity contribution < 1.29 is 23.1 Å². The van der Waals surface area contributed by atoms with Crippen LogP contribution >= 0.6 is 0 Å². The van der Waals surface area contributed by atoms with Crippen molar-refractivity contribution in [3.05, 3.63) is 23.8 Å². The van der Waals surface area contributed by atoms with Gasteiger partial charge in [-0.15, -0.1) is 0 Å². The van der Waals surface area contributed by atoms with Gasteiger partial charge in [-0.05, 0) is 37.0 Å². The zero-order chi connectivity index (χ0) is 17.9. The second-order valence-corrected chi connectivity index (χ2v) is 8.13. The van der Waals surface area contributed by atoms with Crippen LogP contribution < -0.4 is 4.90 Å². The molecule has 1 heterocycles. The second-order valence-electron chi connectivity index (χ2n) is 5.97. The first-order valence-electron chi connectivity index (χ1n) is 7.81. The van der Waals surface area contributed by atoms with E-state index in [0.29, 0.717) is 31.5 Å². The summed E-state index contributed by atoms with van der Waals surface area (Å²) < 4.78 is 25.6. The first-order chi connectivity index (χ1) is 11.2. The molecule has 0 unspecified atom stereocenters. The van der Waals surface area contributed by atoms with E-state index in [2.05, 4.69) is 0 Å². The summed E-state index contributed by atoms with van der Waals surface area (Å²) in [6.45, 7) is 0.526. The van der Waals surface area contributed by atoms with Crippen LogP contribution in [0.1, 0.15) is 31.2 Å². The van der Waals surface area contributed by atoms with Crippen LogP contribution in [0, 0.1) is 0 Å². The number of amides is 1. The largest absolute Gasteiger partial charge is 0.481 e. The van der Waals surface area contributed by atoms with Gasteiger partial charge in [0.05, 0.1) is 4.90 Å². The first-order valence-corrected chi connectivity index (χ1v) is 9.25. The minimum atomic E-state index is -3.55. The molecule has 0 spiro atoms. The maximum atomic E-state index is 12.4. The smallest absolute Gasteiger partial charge is 0.303 e. The van der Waals surface area contributed by atoms with Crippen molar-refractivity contribution in [1.29, 1.82) is 0 Å². The molecule has 0 aromatic heterocycles. The quantitative estimate of drug-likeness (QED) is 0.748. The zero-order valence-corrected chi connectivity index (χ0v) is 14.7. The minimum absolute atomic E-state index is 0.0507. The molecule has 2 rings (SSSR count). The number of rotatable bonds is 7. The molecule has 132 valence electrons. The Labute approximate surface area is 141 Å². The lowest BCUT2D eigenvalue weighted by Crippen LogP contribution is -2.29. The maximum Gasteiger partial charge on any atom is 0.303 e. The van der Waals surface area contributed by atoms with Crippen LogP contribution in [0.4, 0.5) is 5.69 Å². The predicted molar refractivity (Wildman–Crippen MR) is 89.5 cm³/mol. The molecule has 0 fully saturated rings. The fraction of sp³-hybridized carbons (Fsp3) is 0.500. The molecule has 1 amide bonds. The van der Waals surface area contributed by atoms with E-state index in [1.807, 2.05) is 0 Å². The number of carbonyl (C=O) groups is 2. The van der Waals surface area contributed by atoms with E-state index in [1.165, 1.54) is 14.1 Å². The molecule has 1 aromatic rings. The lowest BCUT2D eigenvalue weighted by atomic mass is 10.1. The molecule has 1 aliphatic heterocycles. The maximum absolute atomic E-state index is 12.4. The van der Waals surface area contributed by atoms with Crippen LogP contribution in [0.2, 0.25) is 0 Å². The number of fused-ring (bicyclic) bond motifs is 1. The fourth-order valence-corrected chi connectivity index (χ4v) is 3.60. The zero-order valence-electron chi connectivity index (χ0n) is 13.9. The van der Waals surface area contributed by atoms with Gasteiger partial charge in [-0.3, -0.25) is 9.59 Å². The highest BCUT2D eigenvalue weighted by atomic mass is 32.2. The molecule has 0 aliphatic carbocycles. The summed E-state index contributed by atoms with van der Waals surface area (Å²) in [5, 5.41) is 8.62. The van der Waals surface area contributed by atoms with Crippen LogP contribution in [0.3, 0.4) is 0 Å². The number of benzene rings is 1. The third kappa shape index (κ3) is 3.93. The second kappa shape index (κ2) is 7.31. The number of anilines is 1. The number of carboxylic acid groups (broad SMARTS) is 1. The molecule has 0 atom stereocenters. The highest BCUT2D eigenvalue weighted by molar-refractivity contribution is 7.89. The molecule has 0 saturated heterocycles. The van der Waals surface area contributed by atoms with E-state index in [1.54, 1.807) is 23.1 Å². The Hall–Kier alpha value is -1.93. The van der Waals surface area contributed by atoms with Crippen molar-refractivity contribution in [2.45, 2.75) is 37.0 Å². The third-order valence-corrected chi connectivity index (χ3v) is 5.87. The first kappa shape index (κ1) is 18.4. The van der Waals surface area contributed by atoms with Gasteiger partial charge in [0.2, 0.25) is 15.9 Å². The van der Waals surface area contributed by atoms with Crippen molar-refractivity contribution in [3.63, 3.8) is 0 Å². The summed E-state index contributed by atoms with van der Waals surface area (Å²) in [6, 6.07) is 4.87. The Kier molecular flexibility index (Phi) is 5.61. The van der Waals surface area contributed by atoms with E-state index in [-0.39, 0.29) is 23.6 Å².